The maximum atomic E-state index is 12.1. The highest BCUT2D eigenvalue weighted by Gasteiger charge is 2.12. The molecule has 0 aromatic heterocycles. The monoisotopic (exact) mass is 485 g/mol. The maximum Gasteiger partial charge on any atom is 0.253 e. The largest absolute Gasteiger partial charge is 0.457 e. The average Bonchev–Trinajstić information content (AvgIpc) is 2.81. The number of rotatable bonds is 9. The first-order chi connectivity index (χ1) is 15.9. The molecule has 0 heterocycles. The van der Waals surface area contributed by atoms with Crippen LogP contribution in [0.5, 0.6) is 11.5 Å². The summed E-state index contributed by atoms with van der Waals surface area (Å²) in [6, 6.07) is 21.1. The third kappa shape index (κ3) is 7.82. The molecule has 170 valence electrons. The summed E-state index contributed by atoms with van der Waals surface area (Å²) in [5, 5.41) is 8.19. The molecule has 0 radical (unpaired) electrons. The molecule has 3 aromatic carbocycles. The molecule has 0 bridgehead atoms. The van der Waals surface area contributed by atoms with E-state index in [2.05, 4.69) is 16.0 Å². The number of benzene rings is 3. The molecule has 0 spiro atoms. The Hall–Kier alpha value is -3.55. The van der Waals surface area contributed by atoms with Gasteiger partial charge in [-0.15, -0.1) is 0 Å². The van der Waals surface area contributed by atoms with Crippen LogP contribution in [-0.4, -0.2) is 30.8 Å². The van der Waals surface area contributed by atoms with Crippen LogP contribution in [0.2, 0.25) is 10.0 Å². The molecule has 0 saturated carbocycles. The quantitative estimate of drug-likeness (QED) is 0.427. The van der Waals surface area contributed by atoms with E-state index in [1.54, 1.807) is 0 Å². The molecule has 3 aromatic rings. The van der Waals surface area contributed by atoms with Crippen molar-refractivity contribution in [1.29, 1.82) is 0 Å². The van der Waals surface area contributed by atoms with Crippen molar-refractivity contribution in [3.8, 4) is 11.5 Å². The maximum absolute atomic E-state index is 12.1. The van der Waals surface area contributed by atoms with Crippen molar-refractivity contribution < 1.29 is 19.1 Å². The van der Waals surface area contributed by atoms with E-state index in [0.717, 1.165) is 5.56 Å². The Morgan fingerprint density at radius 1 is 0.727 bits per heavy atom. The van der Waals surface area contributed by atoms with E-state index in [-0.39, 0.29) is 36.1 Å². The molecule has 7 nitrogen and oxygen atoms in total. The van der Waals surface area contributed by atoms with E-state index in [1.807, 2.05) is 54.6 Å². The summed E-state index contributed by atoms with van der Waals surface area (Å²) < 4.78 is 5.78. The van der Waals surface area contributed by atoms with Gasteiger partial charge in [0.1, 0.15) is 11.5 Å². The van der Waals surface area contributed by atoms with Crippen LogP contribution in [0.3, 0.4) is 0 Å². The molecule has 0 atom stereocenters. The first-order valence-corrected chi connectivity index (χ1v) is 10.7. The number of ether oxygens (including phenoxy) is 1. The number of carbonyl (C=O) groups is 3. The highest BCUT2D eigenvalue weighted by molar-refractivity contribution is 6.36. The van der Waals surface area contributed by atoms with Crippen LogP contribution < -0.4 is 20.7 Å². The van der Waals surface area contributed by atoms with E-state index in [1.165, 1.54) is 18.2 Å². The molecule has 3 rings (SSSR count). The van der Waals surface area contributed by atoms with E-state index < -0.39 is 11.8 Å². The lowest BCUT2D eigenvalue weighted by Crippen LogP contribution is -2.41. The second-order valence-corrected chi connectivity index (χ2v) is 7.77. The van der Waals surface area contributed by atoms with Gasteiger partial charge in [0, 0.05) is 11.6 Å². The number of para-hydroxylation sites is 1. The lowest BCUT2D eigenvalue weighted by Gasteiger charge is -2.10. The van der Waals surface area contributed by atoms with Gasteiger partial charge >= 0.3 is 0 Å². The van der Waals surface area contributed by atoms with Crippen LogP contribution in [0.15, 0.2) is 72.8 Å². The van der Waals surface area contributed by atoms with E-state index in [0.29, 0.717) is 16.5 Å². The van der Waals surface area contributed by atoms with Crippen LogP contribution in [0.25, 0.3) is 0 Å². The first-order valence-electron chi connectivity index (χ1n) is 9.99. The summed E-state index contributed by atoms with van der Waals surface area (Å²) in [6.07, 6.45) is 0. The van der Waals surface area contributed by atoms with E-state index in [9.17, 15) is 14.4 Å². The molecule has 33 heavy (non-hydrogen) atoms. The molecule has 0 aliphatic rings. The fourth-order valence-corrected chi connectivity index (χ4v) is 3.27. The van der Waals surface area contributed by atoms with Crippen LogP contribution >= 0.6 is 23.2 Å². The fraction of sp³-hybridized carbons (Fsp3) is 0.125. The summed E-state index contributed by atoms with van der Waals surface area (Å²) in [6.45, 7) is -0.257. The minimum absolute atomic E-state index is 0.179. The molecular weight excluding hydrogens is 465 g/mol. The number of hydrogen-bond donors (Lipinski definition) is 3. The number of nitrogens with one attached hydrogen (secondary N) is 3. The van der Waals surface area contributed by atoms with Crippen LogP contribution in [0, 0.1) is 0 Å². The third-order valence-electron chi connectivity index (χ3n) is 4.40. The van der Waals surface area contributed by atoms with Crippen LogP contribution in [0.1, 0.15) is 15.9 Å². The van der Waals surface area contributed by atoms with Crippen molar-refractivity contribution in [1.82, 2.24) is 16.0 Å². The normalized spacial score (nSPS) is 10.2. The van der Waals surface area contributed by atoms with Crippen molar-refractivity contribution >= 4 is 40.9 Å². The van der Waals surface area contributed by atoms with Gasteiger partial charge in [-0.2, -0.15) is 0 Å². The zero-order chi connectivity index (χ0) is 23.6. The minimum Gasteiger partial charge on any atom is -0.457 e. The second-order valence-electron chi connectivity index (χ2n) is 6.92. The van der Waals surface area contributed by atoms with Gasteiger partial charge in [0.05, 0.1) is 23.7 Å². The molecule has 0 saturated heterocycles. The predicted molar refractivity (Wildman–Crippen MR) is 127 cm³/mol. The Morgan fingerprint density at radius 2 is 1.42 bits per heavy atom. The Bertz CT molecular complexity index is 1140. The molecule has 0 unspecified atom stereocenters. The van der Waals surface area contributed by atoms with Crippen molar-refractivity contribution in [2.75, 3.05) is 13.1 Å². The number of halogens is 2. The Labute approximate surface area is 201 Å². The first kappa shape index (κ1) is 24.1. The van der Waals surface area contributed by atoms with Crippen molar-refractivity contribution in [3.63, 3.8) is 0 Å². The number of amides is 3. The molecular formula is C24H21Cl2N3O4. The summed E-state index contributed by atoms with van der Waals surface area (Å²) >= 11 is 11.8. The van der Waals surface area contributed by atoms with Gasteiger partial charge in [0.15, 0.2) is 0 Å². The second kappa shape index (κ2) is 11.9. The average molecular weight is 486 g/mol. The summed E-state index contributed by atoms with van der Waals surface area (Å²) in [5.74, 6) is -0.0369. The lowest BCUT2D eigenvalue weighted by atomic mass is 10.2. The summed E-state index contributed by atoms with van der Waals surface area (Å²) in [4.78, 5) is 36.1. The van der Waals surface area contributed by atoms with Gasteiger partial charge in [-0.05, 0) is 48.0 Å². The summed E-state index contributed by atoms with van der Waals surface area (Å²) in [5.41, 5.74) is 1.04. The van der Waals surface area contributed by atoms with Gasteiger partial charge in [-0.1, -0.05) is 53.5 Å². The number of hydrogen-bond acceptors (Lipinski definition) is 4. The lowest BCUT2D eigenvalue weighted by molar-refractivity contribution is -0.125. The predicted octanol–water partition coefficient (Wildman–Crippen LogP) is 3.95. The van der Waals surface area contributed by atoms with E-state index >= 15 is 0 Å². The smallest absolute Gasteiger partial charge is 0.253 e. The Balaban J connectivity index is 1.39. The SMILES string of the molecule is O=C(CNC(=O)CNC(=O)c1ccc(Cl)cc1Cl)NCc1cccc(Oc2ccccc2)c1. The van der Waals surface area contributed by atoms with Gasteiger partial charge in [0.25, 0.3) is 5.91 Å². The standard InChI is InChI=1S/C24H21Cl2N3O4/c25-17-9-10-20(21(26)12-17)24(32)29-15-23(31)28-14-22(30)27-13-16-5-4-8-19(11-16)33-18-6-2-1-3-7-18/h1-12H,13-15H2,(H,27,30)(H,28,31)(H,29,32). The molecule has 0 fully saturated rings. The van der Waals surface area contributed by atoms with Crippen molar-refractivity contribution in [2.24, 2.45) is 0 Å². The van der Waals surface area contributed by atoms with Gasteiger partial charge in [-0.25, -0.2) is 0 Å². The van der Waals surface area contributed by atoms with E-state index in [4.69, 9.17) is 27.9 Å². The molecule has 3 N–H and O–H groups in total. The summed E-state index contributed by atoms with van der Waals surface area (Å²) in [7, 11) is 0. The highest BCUT2D eigenvalue weighted by atomic mass is 35.5. The van der Waals surface area contributed by atoms with Gasteiger partial charge < -0.3 is 20.7 Å². The highest BCUT2D eigenvalue weighted by Crippen LogP contribution is 2.22. The molecule has 3 amide bonds. The fourth-order valence-electron chi connectivity index (χ4n) is 2.78. The third-order valence-corrected chi connectivity index (χ3v) is 4.95. The van der Waals surface area contributed by atoms with Crippen LogP contribution in [0.4, 0.5) is 0 Å². The topological polar surface area (TPSA) is 96.5 Å². The molecule has 9 heteroatoms. The zero-order valence-electron chi connectivity index (χ0n) is 17.4. The van der Waals surface area contributed by atoms with Crippen LogP contribution in [-0.2, 0) is 16.1 Å². The van der Waals surface area contributed by atoms with Crippen molar-refractivity contribution in [2.45, 2.75) is 6.54 Å². The Kier molecular flexibility index (Phi) is 8.69. The van der Waals surface area contributed by atoms with Gasteiger partial charge in [-0.3, -0.25) is 14.4 Å². The minimum atomic E-state index is -0.520. The Morgan fingerprint density at radius 3 is 2.18 bits per heavy atom. The molecule has 0 aliphatic heterocycles. The van der Waals surface area contributed by atoms with Crippen molar-refractivity contribution in [3.05, 3.63) is 94.0 Å². The zero-order valence-corrected chi connectivity index (χ0v) is 19.0. The molecule has 0 aliphatic carbocycles. The number of carbonyl (C=O) groups excluding carboxylic acids is 3. The van der Waals surface area contributed by atoms with Gasteiger partial charge in [0.2, 0.25) is 11.8 Å².